The van der Waals surface area contributed by atoms with Gasteiger partial charge in [0.05, 0.1) is 6.04 Å². The molecule has 0 aliphatic heterocycles. The van der Waals surface area contributed by atoms with Crippen molar-refractivity contribution >= 4 is 5.96 Å². The Kier molecular flexibility index (Phi) is 3.98. The van der Waals surface area contributed by atoms with Crippen molar-refractivity contribution in [1.82, 2.24) is 5.43 Å². The maximum atomic E-state index is 9.09. The number of nitrogens with zero attached hydrogens (tertiary/aromatic N) is 1. The molecule has 0 saturated heterocycles. The summed E-state index contributed by atoms with van der Waals surface area (Å²) in [5.41, 5.74) is 7.76. The Hall–Kier alpha value is -0.810. The molecule has 0 aromatic carbocycles. The highest BCUT2D eigenvalue weighted by atomic mass is 16.3. The Labute approximate surface area is 78.2 Å². The van der Waals surface area contributed by atoms with E-state index in [1.165, 1.54) is 6.42 Å². The summed E-state index contributed by atoms with van der Waals surface area (Å²) in [6.07, 6.45) is 4.35. The van der Waals surface area contributed by atoms with Crippen LogP contribution in [-0.4, -0.2) is 23.7 Å². The van der Waals surface area contributed by atoms with E-state index < -0.39 is 0 Å². The number of nitrogens with one attached hydrogen (secondary N) is 1. The van der Waals surface area contributed by atoms with Crippen LogP contribution in [0.15, 0.2) is 4.99 Å². The molecule has 0 bridgehead atoms. The van der Waals surface area contributed by atoms with Crippen molar-refractivity contribution in [3.8, 4) is 0 Å². The normalized spacial score (nSPS) is 30.2. The predicted molar refractivity (Wildman–Crippen MR) is 51.8 cm³/mol. The lowest BCUT2D eigenvalue weighted by Crippen LogP contribution is -2.39. The Morgan fingerprint density at radius 3 is 2.77 bits per heavy atom. The fourth-order valence-electron chi connectivity index (χ4n) is 1.79. The molecular weight excluding hydrogens is 168 g/mol. The van der Waals surface area contributed by atoms with Crippen molar-refractivity contribution in [1.29, 1.82) is 0 Å². The van der Waals surface area contributed by atoms with Gasteiger partial charge in [0, 0.05) is 12.5 Å². The summed E-state index contributed by atoms with van der Waals surface area (Å²) in [7, 11) is 0. The molecule has 1 fully saturated rings. The van der Waals surface area contributed by atoms with E-state index in [0.717, 1.165) is 19.3 Å². The number of hydrogen-bond donors (Lipinski definition) is 4. The summed E-state index contributed by atoms with van der Waals surface area (Å²) in [5.74, 6) is 5.61. The third kappa shape index (κ3) is 2.86. The first-order chi connectivity index (χ1) is 6.27. The lowest BCUT2D eigenvalue weighted by atomic mass is 9.85. The molecule has 13 heavy (non-hydrogen) atoms. The van der Waals surface area contributed by atoms with Crippen LogP contribution in [0.5, 0.6) is 0 Å². The van der Waals surface area contributed by atoms with Crippen molar-refractivity contribution in [2.24, 2.45) is 22.5 Å². The topological polar surface area (TPSA) is 96.7 Å². The summed E-state index contributed by atoms with van der Waals surface area (Å²) < 4.78 is 0. The summed E-state index contributed by atoms with van der Waals surface area (Å²) >= 11 is 0. The number of hydrogen-bond acceptors (Lipinski definition) is 3. The third-order valence-corrected chi connectivity index (χ3v) is 2.56. The number of hydrazine groups is 1. The average molecular weight is 186 g/mol. The first kappa shape index (κ1) is 10.3. The van der Waals surface area contributed by atoms with E-state index >= 15 is 0 Å². The van der Waals surface area contributed by atoms with Crippen LogP contribution < -0.4 is 17.0 Å². The SMILES string of the molecule is NNC(N)=NC1CCCCC1CO. The molecule has 5 heteroatoms. The first-order valence-corrected chi connectivity index (χ1v) is 4.68. The van der Waals surface area contributed by atoms with Crippen LogP contribution in [0.2, 0.25) is 0 Å². The summed E-state index contributed by atoms with van der Waals surface area (Å²) in [6.45, 7) is 0.187. The zero-order valence-electron chi connectivity index (χ0n) is 7.74. The average Bonchev–Trinajstić information content (AvgIpc) is 2.18. The maximum absolute atomic E-state index is 9.09. The fourth-order valence-corrected chi connectivity index (χ4v) is 1.79. The van der Waals surface area contributed by atoms with Gasteiger partial charge < -0.3 is 10.8 Å². The van der Waals surface area contributed by atoms with Crippen molar-refractivity contribution in [2.75, 3.05) is 6.61 Å². The molecular formula is C8H18N4O. The Morgan fingerprint density at radius 1 is 1.46 bits per heavy atom. The summed E-state index contributed by atoms with van der Waals surface area (Å²) in [5, 5.41) is 9.09. The van der Waals surface area contributed by atoms with Gasteiger partial charge in [-0.3, -0.25) is 5.43 Å². The van der Waals surface area contributed by atoms with Gasteiger partial charge in [-0.15, -0.1) is 0 Å². The van der Waals surface area contributed by atoms with Gasteiger partial charge in [-0.1, -0.05) is 12.8 Å². The van der Waals surface area contributed by atoms with Gasteiger partial charge in [-0.25, -0.2) is 10.8 Å². The number of guanidine groups is 1. The van der Waals surface area contributed by atoms with E-state index in [9.17, 15) is 0 Å². The van der Waals surface area contributed by atoms with Gasteiger partial charge in [0.1, 0.15) is 0 Å². The largest absolute Gasteiger partial charge is 0.396 e. The molecule has 1 saturated carbocycles. The minimum absolute atomic E-state index is 0.134. The van der Waals surface area contributed by atoms with E-state index in [1.807, 2.05) is 0 Å². The predicted octanol–water partition coefficient (Wildman–Crippen LogP) is -0.685. The van der Waals surface area contributed by atoms with Crippen molar-refractivity contribution in [3.05, 3.63) is 0 Å². The number of aliphatic imine (C=N–C) groups is 1. The third-order valence-electron chi connectivity index (χ3n) is 2.56. The number of aliphatic hydroxyl groups is 1. The van der Waals surface area contributed by atoms with Crippen LogP contribution in [0, 0.1) is 5.92 Å². The zero-order valence-corrected chi connectivity index (χ0v) is 7.74. The van der Waals surface area contributed by atoms with Crippen molar-refractivity contribution < 1.29 is 5.11 Å². The van der Waals surface area contributed by atoms with Crippen molar-refractivity contribution in [3.63, 3.8) is 0 Å². The fraction of sp³-hybridized carbons (Fsp3) is 0.875. The monoisotopic (exact) mass is 186 g/mol. The molecule has 1 aliphatic carbocycles. The molecule has 6 N–H and O–H groups in total. The Balaban J connectivity index is 2.54. The second-order valence-electron chi connectivity index (χ2n) is 3.45. The van der Waals surface area contributed by atoms with Crippen LogP contribution in [0.3, 0.4) is 0 Å². The molecule has 1 aliphatic rings. The molecule has 0 spiro atoms. The molecule has 1 rings (SSSR count). The van der Waals surface area contributed by atoms with E-state index in [-0.39, 0.29) is 24.5 Å². The summed E-state index contributed by atoms with van der Waals surface area (Å²) in [6, 6.07) is 0.134. The first-order valence-electron chi connectivity index (χ1n) is 4.68. The molecule has 2 unspecified atom stereocenters. The van der Waals surface area contributed by atoms with Crippen LogP contribution in [0.25, 0.3) is 0 Å². The van der Waals surface area contributed by atoms with Crippen LogP contribution in [0.1, 0.15) is 25.7 Å². The standard InChI is InChI=1S/C8H18N4O/c9-8(12-10)11-7-4-2-1-3-6(7)5-13/h6-7,13H,1-5,10H2,(H3,9,11,12). The van der Waals surface area contributed by atoms with Crippen LogP contribution >= 0.6 is 0 Å². The van der Waals surface area contributed by atoms with Gasteiger partial charge >= 0.3 is 0 Å². The molecule has 0 radical (unpaired) electrons. The van der Waals surface area contributed by atoms with Crippen LogP contribution in [0.4, 0.5) is 0 Å². The van der Waals surface area contributed by atoms with Gasteiger partial charge in [0.25, 0.3) is 0 Å². The number of rotatable bonds is 2. The zero-order chi connectivity index (χ0) is 9.68. The molecule has 2 atom stereocenters. The number of aliphatic hydroxyl groups excluding tert-OH is 1. The molecule has 76 valence electrons. The molecule has 0 heterocycles. The van der Waals surface area contributed by atoms with E-state index in [4.69, 9.17) is 16.7 Å². The highest BCUT2D eigenvalue weighted by molar-refractivity contribution is 5.77. The molecule has 5 nitrogen and oxygen atoms in total. The van der Waals surface area contributed by atoms with Gasteiger partial charge in [0.2, 0.25) is 5.96 Å². The Bertz CT molecular complexity index is 183. The van der Waals surface area contributed by atoms with E-state index in [2.05, 4.69) is 10.4 Å². The smallest absolute Gasteiger partial charge is 0.203 e. The number of nitrogens with two attached hydrogens (primary N) is 2. The molecule has 0 aromatic rings. The highest BCUT2D eigenvalue weighted by Crippen LogP contribution is 2.26. The van der Waals surface area contributed by atoms with Crippen LogP contribution in [-0.2, 0) is 0 Å². The lowest BCUT2D eigenvalue weighted by Gasteiger charge is -2.27. The second-order valence-corrected chi connectivity index (χ2v) is 3.45. The lowest BCUT2D eigenvalue weighted by molar-refractivity contribution is 0.171. The van der Waals surface area contributed by atoms with E-state index in [1.54, 1.807) is 0 Å². The van der Waals surface area contributed by atoms with Gasteiger partial charge in [-0.05, 0) is 12.8 Å². The minimum atomic E-state index is 0.134. The molecule has 0 aromatic heterocycles. The van der Waals surface area contributed by atoms with Gasteiger partial charge in [-0.2, -0.15) is 0 Å². The van der Waals surface area contributed by atoms with Gasteiger partial charge in [0.15, 0.2) is 0 Å². The Morgan fingerprint density at radius 2 is 2.15 bits per heavy atom. The quantitative estimate of drug-likeness (QED) is 0.199. The van der Waals surface area contributed by atoms with Crippen molar-refractivity contribution in [2.45, 2.75) is 31.7 Å². The van der Waals surface area contributed by atoms with E-state index in [0.29, 0.717) is 0 Å². The minimum Gasteiger partial charge on any atom is -0.396 e. The highest BCUT2D eigenvalue weighted by Gasteiger charge is 2.23. The second kappa shape index (κ2) is 5.04. The summed E-state index contributed by atoms with van der Waals surface area (Å²) in [4.78, 5) is 4.21. The maximum Gasteiger partial charge on any atom is 0.203 e. The molecule has 0 amide bonds.